The maximum Gasteiger partial charge on any atom is 0.180 e. The smallest absolute Gasteiger partial charge is 0.180 e. The predicted molar refractivity (Wildman–Crippen MR) is 105 cm³/mol. The molecule has 0 saturated heterocycles. The molecule has 3 aromatic rings. The normalized spacial score (nSPS) is 11.3. The van der Waals surface area contributed by atoms with Crippen molar-refractivity contribution in [3.63, 3.8) is 0 Å². The molecule has 0 aliphatic rings. The number of pyridine rings is 1. The average molecular weight is 379 g/mol. The number of hydrogen-bond donors (Lipinski definition) is 2. The van der Waals surface area contributed by atoms with Gasteiger partial charge in [0.2, 0.25) is 0 Å². The third-order valence-corrected chi connectivity index (χ3v) is 3.98. The van der Waals surface area contributed by atoms with Gasteiger partial charge in [-0.15, -0.1) is 15.0 Å². The zero-order valence-electron chi connectivity index (χ0n) is 15.7. The first-order chi connectivity index (χ1) is 13.6. The number of benzene rings is 1. The van der Waals surface area contributed by atoms with Gasteiger partial charge in [-0.3, -0.25) is 4.79 Å². The lowest BCUT2D eigenvalue weighted by molar-refractivity contribution is -0.114. The highest BCUT2D eigenvalue weighted by molar-refractivity contribution is 5.95. The minimum atomic E-state index is -0.244. The molecule has 0 unspecified atom stereocenters. The number of anilines is 1. The third-order valence-electron chi connectivity index (χ3n) is 3.98. The molecule has 2 N–H and O–H groups in total. The Morgan fingerprint density at radius 2 is 2.00 bits per heavy atom. The van der Waals surface area contributed by atoms with Crippen LogP contribution in [0.25, 0.3) is 11.6 Å². The van der Waals surface area contributed by atoms with E-state index in [2.05, 4.69) is 20.5 Å². The number of aromatic nitrogens is 4. The lowest BCUT2D eigenvalue weighted by atomic mass is 10.2. The molecule has 1 aromatic carbocycles. The molecule has 0 amide bonds. The zero-order valence-corrected chi connectivity index (χ0v) is 15.7. The van der Waals surface area contributed by atoms with Crippen molar-refractivity contribution in [1.29, 1.82) is 0 Å². The summed E-state index contributed by atoms with van der Waals surface area (Å²) in [4.78, 5) is 17.2. The summed E-state index contributed by atoms with van der Waals surface area (Å²) in [6.45, 7) is 2.17. The number of hydrogen-bond acceptors (Lipinski definition) is 7. The molecule has 8 heteroatoms. The van der Waals surface area contributed by atoms with Crippen LogP contribution in [0, 0.1) is 0 Å². The van der Waals surface area contributed by atoms with Crippen LogP contribution in [0.2, 0.25) is 0 Å². The van der Waals surface area contributed by atoms with Gasteiger partial charge in [0.05, 0.1) is 7.11 Å². The highest BCUT2D eigenvalue weighted by Crippen LogP contribution is 2.21. The molecular weight excluding hydrogens is 358 g/mol. The fourth-order valence-electron chi connectivity index (χ4n) is 2.42. The Kier molecular flexibility index (Phi) is 6.01. The van der Waals surface area contributed by atoms with Crippen LogP contribution in [-0.4, -0.2) is 38.0 Å². The Bertz CT molecular complexity index is 965. The van der Waals surface area contributed by atoms with Gasteiger partial charge in [0.1, 0.15) is 5.75 Å². The van der Waals surface area contributed by atoms with Gasteiger partial charge in [0.15, 0.2) is 28.9 Å². The lowest BCUT2D eigenvalue weighted by Crippen LogP contribution is -2.03. The first kappa shape index (κ1) is 19.1. The standard InChI is InChI=1S/C20H21N5O3/c1-3-15(26)12-17(27)19-20(22-13-14-7-9-16(28-2)10-8-14)24-25(23-19)18-6-4-5-11-21-18/h4-12,27H,3,13H2,1-2H3,(H,22,24)/b17-12-. The summed E-state index contributed by atoms with van der Waals surface area (Å²) in [6, 6.07) is 12.9. The summed E-state index contributed by atoms with van der Waals surface area (Å²) in [5.41, 5.74) is 1.17. The number of nitrogens with zero attached hydrogens (tertiary/aromatic N) is 4. The van der Waals surface area contributed by atoms with Crippen LogP contribution in [0.15, 0.2) is 54.7 Å². The van der Waals surface area contributed by atoms with E-state index < -0.39 is 0 Å². The Hall–Kier alpha value is -3.68. The molecule has 0 saturated carbocycles. The van der Waals surface area contributed by atoms with Crippen molar-refractivity contribution in [3.05, 3.63) is 66.0 Å². The molecule has 3 rings (SSSR count). The number of carbonyl (C=O) groups excluding carboxylic acids is 1. The lowest BCUT2D eigenvalue weighted by Gasteiger charge is -2.06. The van der Waals surface area contributed by atoms with Crippen LogP contribution >= 0.6 is 0 Å². The first-order valence-corrected chi connectivity index (χ1v) is 8.80. The van der Waals surface area contributed by atoms with E-state index in [0.29, 0.717) is 18.2 Å². The number of allylic oxidation sites excluding steroid dienone is 1. The third kappa shape index (κ3) is 4.53. The number of methoxy groups -OCH3 is 1. The van der Waals surface area contributed by atoms with Gasteiger partial charge in [-0.2, -0.15) is 0 Å². The number of ketones is 1. The zero-order chi connectivity index (χ0) is 19.9. The van der Waals surface area contributed by atoms with Crippen molar-refractivity contribution in [3.8, 4) is 11.6 Å². The number of nitrogens with one attached hydrogen (secondary N) is 1. The van der Waals surface area contributed by atoms with Crippen LogP contribution in [-0.2, 0) is 11.3 Å². The van der Waals surface area contributed by atoms with Crippen molar-refractivity contribution in [2.75, 3.05) is 12.4 Å². The summed E-state index contributed by atoms with van der Waals surface area (Å²) >= 11 is 0. The SMILES string of the molecule is CCC(=O)/C=C(\O)c1nn(-c2ccccn2)nc1NCc1ccc(OC)cc1. The van der Waals surface area contributed by atoms with Crippen LogP contribution in [0.3, 0.4) is 0 Å². The molecule has 0 aliphatic heterocycles. The second-order valence-electron chi connectivity index (χ2n) is 5.93. The van der Waals surface area contributed by atoms with E-state index in [1.165, 1.54) is 4.80 Å². The summed E-state index contributed by atoms with van der Waals surface area (Å²) in [5.74, 6) is 1.16. The summed E-state index contributed by atoms with van der Waals surface area (Å²) in [6.07, 6.45) is 3.07. The van der Waals surface area contributed by atoms with E-state index in [1.807, 2.05) is 30.3 Å². The molecular formula is C20H21N5O3. The average Bonchev–Trinajstić information content (AvgIpc) is 3.17. The van der Waals surface area contributed by atoms with Crippen molar-refractivity contribution >= 4 is 17.4 Å². The highest BCUT2D eigenvalue weighted by Gasteiger charge is 2.17. The van der Waals surface area contributed by atoms with Crippen molar-refractivity contribution < 1.29 is 14.6 Å². The Morgan fingerprint density at radius 3 is 2.64 bits per heavy atom. The largest absolute Gasteiger partial charge is 0.505 e. The van der Waals surface area contributed by atoms with Gasteiger partial charge in [0.25, 0.3) is 0 Å². The Morgan fingerprint density at radius 1 is 1.21 bits per heavy atom. The molecule has 8 nitrogen and oxygen atoms in total. The highest BCUT2D eigenvalue weighted by atomic mass is 16.5. The molecule has 0 radical (unpaired) electrons. The molecule has 0 spiro atoms. The quantitative estimate of drug-likeness (QED) is 0.458. The van der Waals surface area contributed by atoms with Gasteiger partial charge >= 0.3 is 0 Å². The summed E-state index contributed by atoms with van der Waals surface area (Å²) in [7, 11) is 1.61. The van der Waals surface area contributed by atoms with Crippen molar-refractivity contribution in [2.45, 2.75) is 19.9 Å². The van der Waals surface area contributed by atoms with Crippen molar-refractivity contribution in [1.82, 2.24) is 20.0 Å². The fourth-order valence-corrected chi connectivity index (χ4v) is 2.42. The van der Waals surface area contributed by atoms with E-state index in [0.717, 1.165) is 17.4 Å². The van der Waals surface area contributed by atoms with Gasteiger partial charge < -0.3 is 15.2 Å². The van der Waals surface area contributed by atoms with Crippen LogP contribution in [0.1, 0.15) is 24.6 Å². The van der Waals surface area contributed by atoms with E-state index in [4.69, 9.17) is 4.74 Å². The van der Waals surface area contributed by atoms with Crippen LogP contribution in [0.5, 0.6) is 5.75 Å². The van der Waals surface area contributed by atoms with Gasteiger partial charge in [-0.25, -0.2) is 4.98 Å². The molecule has 0 bridgehead atoms. The van der Waals surface area contributed by atoms with E-state index in [1.54, 1.807) is 32.4 Å². The molecule has 0 atom stereocenters. The minimum Gasteiger partial charge on any atom is -0.505 e. The summed E-state index contributed by atoms with van der Waals surface area (Å²) in [5, 5.41) is 22.2. The predicted octanol–water partition coefficient (Wildman–Crippen LogP) is 3.16. The molecule has 2 aromatic heterocycles. The monoisotopic (exact) mass is 379 g/mol. The topological polar surface area (TPSA) is 102 Å². The van der Waals surface area contributed by atoms with E-state index >= 15 is 0 Å². The number of aliphatic hydroxyl groups is 1. The van der Waals surface area contributed by atoms with Gasteiger partial charge in [-0.1, -0.05) is 25.1 Å². The maximum atomic E-state index is 11.7. The molecule has 2 heterocycles. The molecule has 0 fully saturated rings. The second-order valence-corrected chi connectivity index (χ2v) is 5.93. The van der Waals surface area contributed by atoms with E-state index in [-0.39, 0.29) is 23.7 Å². The first-order valence-electron chi connectivity index (χ1n) is 8.80. The van der Waals surface area contributed by atoms with E-state index in [9.17, 15) is 9.90 Å². The van der Waals surface area contributed by atoms with Crippen molar-refractivity contribution in [2.24, 2.45) is 0 Å². The van der Waals surface area contributed by atoms with Gasteiger partial charge in [-0.05, 0) is 29.8 Å². The fraction of sp³-hybridized carbons (Fsp3) is 0.200. The number of ether oxygens (including phenoxy) is 1. The number of aliphatic hydroxyl groups excluding tert-OH is 1. The molecule has 0 aliphatic carbocycles. The minimum absolute atomic E-state index is 0.181. The van der Waals surface area contributed by atoms with Crippen LogP contribution < -0.4 is 10.1 Å². The summed E-state index contributed by atoms with van der Waals surface area (Å²) < 4.78 is 5.16. The molecule has 28 heavy (non-hydrogen) atoms. The second kappa shape index (κ2) is 8.81. The maximum absolute atomic E-state index is 11.7. The molecule has 144 valence electrons. The Balaban J connectivity index is 1.89. The van der Waals surface area contributed by atoms with Crippen LogP contribution in [0.4, 0.5) is 5.82 Å². The Labute approximate surface area is 162 Å². The van der Waals surface area contributed by atoms with Gasteiger partial charge in [0, 0.05) is 25.2 Å². The number of rotatable bonds is 8. The number of carbonyl (C=O) groups is 1.